The van der Waals surface area contributed by atoms with Crippen LogP contribution < -0.4 is 5.32 Å². The molecule has 0 saturated heterocycles. The van der Waals surface area contributed by atoms with E-state index < -0.39 is 30.8 Å². The van der Waals surface area contributed by atoms with Gasteiger partial charge < -0.3 is 20.6 Å². The molecular weight excluding hydrogens is 282 g/mol. The van der Waals surface area contributed by atoms with Gasteiger partial charge in [-0.3, -0.25) is 4.79 Å². The van der Waals surface area contributed by atoms with Gasteiger partial charge in [-0.05, 0) is 30.5 Å². The fourth-order valence-corrected chi connectivity index (χ4v) is 2.30. The third-order valence-corrected chi connectivity index (χ3v) is 4.12. The van der Waals surface area contributed by atoms with Crippen molar-refractivity contribution in [1.82, 2.24) is 5.32 Å². The predicted molar refractivity (Wildman–Crippen MR) is 74.5 cm³/mol. The van der Waals surface area contributed by atoms with Gasteiger partial charge in [0.1, 0.15) is 5.54 Å². The summed E-state index contributed by atoms with van der Waals surface area (Å²) in [6, 6.07) is 7.05. The van der Waals surface area contributed by atoms with E-state index in [4.69, 9.17) is 11.6 Å². The van der Waals surface area contributed by atoms with Crippen molar-refractivity contribution in [2.45, 2.75) is 23.8 Å². The van der Waals surface area contributed by atoms with Crippen LogP contribution in [0.5, 0.6) is 0 Å². The van der Waals surface area contributed by atoms with Crippen LogP contribution in [0.15, 0.2) is 24.3 Å². The lowest BCUT2D eigenvalue weighted by molar-refractivity contribution is -0.128. The molecule has 4 N–H and O–H groups in total. The van der Waals surface area contributed by atoms with Crippen LogP contribution in [0.4, 0.5) is 0 Å². The molecule has 20 heavy (non-hydrogen) atoms. The third kappa shape index (κ3) is 2.67. The Morgan fingerprint density at radius 1 is 1.15 bits per heavy atom. The van der Waals surface area contributed by atoms with Crippen LogP contribution in [0, 0.1) is 0 Å². The summed E-state index contributed by atoms with van der Waals surface area (Å²) in [4.78, 5) is 12.4. The molecular formula is C14H18ClNO4. The molecule has 0 aliphatic heterocycles. The molecule has 1 aromatic carbocycles. The van der Waals surface area contributed by atoms with Gasteiger partial charge in [0.15, 0.2) is 0 Å². The largest absolute Gasteiger partial charge is 0.394 e. The summed E-state index contributed by atoms with van der Waals surface area (Å²) in [6.07, 6.45) is 1.39. The second kappa shape index (κ2) is 5.69. The van der Waals surface area contributed by atoms with E-state index in [-0.39, 0.29) is 5.91 Å². The van der Waals surface area contributed by atoms with E-state index in [1.807, 2.05) is 0 Å². The zero-order valence-electron chi connectivity index (χ0n) is 11.0. The number of carbonyl (C=O) groups excluding carboxylic acids is 1. The number of aliphatic hydroxyl groups is 3. The second-order valence-corrected chi connectivity index (χ2v) is 5.73. The van der Waals surface area contributed by atoms with Crippen molar-refractivity contribution < 1.29 is 20.1 Å². The number of carbonyl (C=O) groups is 1. The van der Waals surface area contributed by atoms with Crippen molar-refractivity contribution >= 4 is 17.5 Å². The van der Waals surface area contributed by atoms with Gasteiger partial charge >= 0.3 is 0 Å². The minimum absolute atomic E-state index is 0.294. The van der Waals surface area contributed by atoms with E-state index in [9.17, 15) is 20.1 Å². The molecule has 1 fully saturated rings. The number of aliphatic hydroxyl groups excluding tert-OH is 3. The first-order valence-electron chi connectivity index (χ1n) is 6.43. The molecule has 0 unspecified atom stereocenters. The highest BCUT2D eigenvalue weighted by Crippen LogP contribution is 2.48. The summed E-state index contributed by atoms with van der Waals surface area (Å²) in [5.74, 6) is -0.294. The molecule has 1 aromatic rings. The first kappa shape index (κ1) is 15.3. The number of amides is 1. The molecule has 6 heteroatoms. The Balaban J connectivity index is 2.18. The second-order valence-electron chi connectivity index (χ2n) is 5.30. The lowest BCUT2D eigenvalue weighted by Gasteiger charge is -2.31. The van der Waals surface area contributed by atoms with Gasteiger partial charge in [0.05, 0.1) is 25.2 Å². The minimum atomic E-state index is -1.39. The quantitative estimate of drug-likeness (QED) is 0.604. The van der Waals surface area contributed by atoms with Crippen LogP contribution in [0.1, 0.15) is 18.4 Å². The fourth-order valence-electron chi connectivity index (χ4n) is 2.17. The molecule has 0 aromatic heterocycles. The van der Waals surface area contributed by atoms with Gasteiger partial charge in [0, 0.05) is 5.02 Å². The fraction of sp³-hybridized carbons (Fsp3) is 0.500. The van der Waals surface area contributed by atoms with Crippen LogP contribution >= 0.6 is 11.6 Å². The Hall–Kier alpha value is -1.14. The molecule has 0 radical (unpaired) electrons. The molecule has 1 aliphatic rings. The van der Waals surface area contributed by atoms with Crippen LogP contribution in [-0.2, 0) is 10.2 Å². The molecule has 1 saturated carbocycles. The summed E-state index contributed by atoms with van der Waals surface area (Å²) >= 11 is 5.84. The maximum atomic E-state index is 12.4. The summed E-state index contributed by atoms with van der Waals surface area (Å²) in [5, 5.41) is 31.0. The maximum Gasteiger partial charge on any atom is 0.231 e. The molecule has 0 heterocycles. The average molecular weight is 300 g/mol. The Bertz CT molecular complexity index is 472. The van der Waals surface area contributed by atoms with E-state index in [2.05, 4.69) is 5.32 Å². The van der Waals surface area contributed by atoms with Crippen molar-refractivity contribution in [2.24, 2.45) is 0 Å². The predicted octanol–water partition coefficient (Wildman–Crippen LogP) is 0.204. The topological polar surface area (TPSA) is 89.8 Å². The number of benzene rings is 1. The van der Waals surface area contributed by atoms with Gasteiger partial charge in [-0.2, -0.15) is 0 Å². The van der Waals surface area contributed by atoms with Crippen LogP contribution in [0.3, 0.4) is 0 Å². The molecule has 1 amide bonds. The smallest absolute Gasteiger partial charge is 0.231 e. The van der Waals surface area contributed by atoms with Crippen LogP contribution in [-0.4, -0.2) is 46.6 Å². The highest BCUT2D eigenvalue weighted by Gasteiger charge is 2.52. The third-order valence-electron chi connectivity index (χ3n) is 3.87. The summed E-state index contributed by atoms with van der Waals surface area (Å²) in [7, 11) is 0. The Kier molecular flexibility index (Phi) is 4.34. The summed E-state index contributed by atoms with van der Waals surface area (Å²) in [6.45, 7) is -1.58. The van der Waals surface area contributed by atoms with E-state index in [1.54, 1.807) is 24.3 Å². The number of halogens is 1. The van der Waals surface area contributed by atoms with E-state index >= 15 is 0 Å². The maximum absolute atomic E-state index is 12.4. The SMILES string of the molecule is O=C(NC(CO)(CO)CO)C1(c2ccc(Cl)cc2)CC1. The minimum Gasteiger partial charge on any atom is -0.394 e. The number of nitrogens with one attached hydrogen (secondary N) is 1. The zero-order chi connectivity index (χ0) is 14.8. The first-order valence-corrected chi connectivity index (χ1v) is 6.81. The first-order chi connectivity index (χ1) is 9.52. The normalized spacial score (nSPS) is 16.8. The van der Waals surface area contributed by atoms with Crippen molar-refractivity contribution in [3.05, 3.63) is 34.9 Å². The van der Waals surface area contributed by atoms with Crippen LogP contribution in [0.25, 0.3) is 0 Å². The average Bonchev–Trinajstić information content (AvgIpc) is 3.27. The van der Waals surface area contributed by atoms with E-state index in [1.165, 1.54) is 0 Å². The monoisotopic (exact) mass is 299 g/mol. The Labute approximate surface area is 122 Å². The van der Waals surface area contributed by atoms with Crippen molar-refractivity contribution in [3.63, 3.8) is 0 Å². The highest BCUT2D eigenvalue weighted by atomic mass is 35.5. The number of rotatable bonds is 6. The van der Waals surface area contributed by atoms with E-state index in [0.29, 0.717) is 17.9 Å². The van der Waals surface area contributed by atoms with Crippen molar-refractivity contribution in [2.75, 3.05) is 19.8 Å². The standard InChI is InChI=1S/C14H18ClNO4/c15-11-3-1-10(2-4-11)14(5-6-14)12(20)16-13(7-17,8-18)9-19/h1-4,17-19H,5-9H2,(H,16,20). The molecule has 0 spiro atoms. The Morgan fingerprint density at radius 3 is 2.05 bits per heavy atom. The highest BCUT2D eigenvalue weighted by molar-refractivity contribution is 6.30. The van der Waals surface area contributed by atoms with Gasteiger partial charge in [-0.25, -0.2) is 0 Å². The summed E-state index contributed by atoms with van der Waals surface area (Å²) < 4.78 is 0. The van der Waals surface area contributed by atoms with Gasteiger partial charge in [0.2, 0.25) is 5.91 Å². The van der Waals surface area contributed by atoms with Crippen LogP contribution in [0.2, 0.25) is 5.02 Å². The Morgan fingerprint density at radius 2 is 1.65 bits per heavy atom. The molecule has 0 atom stereocenters. The van der Waals surface area contributed by atoms with Crippen molar-refractivity contribution in [3.8, 4) is 0 Å². The van der Waals surface area contributed by atoms with Crippen molar-refractivity contribution in [1.29, 1.82) is 0 Å². The molecule has 0 bridgehead atoms. The number of hydrogen-bond acceptors (Lipinski definition) is 4. The van der Waals surface area contributed by atoms with Gasteiger partial charge in [0.25, 0.3) is 0 Å². The lowest BCUT2D eigenvalue weighted by Crippen LogP contribution is -2.59. The zero-order valence-corrected chi connectivity index (χ0v) is 11.7. The molecule has 110 valence electrons. The van der Waals surface area contributed by atoms with Gasteiger partial charge in [-0.1, -0.05) is 23.7 Å². The molecule has 5 nitrogen and oxygen atoms in total. The number of hydrogen-bond donors (Lipinski definition) is 4. The van der Waals surface area contributed by atoms with Gasteiger partial charge in [-0.15, -0.1) is 0 Å². The lowest BCUT2D eigenvalue weighted by atomic mass is 9.93. The summed E-state index contributed by atoms with van der Waals surface area (Å²) in [5.41, 5.74) is -1.18. The van der Waals surface area contributed by atoms with E-state index in [0.717, 1.165) is 5.56 Å². The molecule has 2 rings (SSSR count). The molecule has 1 aliphatic carbocycles.